The van der Waals surface area contributed by atoms with Crippen LogP contribution in [-0.2, 0) is 12.8 Å². The van der Waals surface area contributed by atoms with Crippen LogP contribution in [0.15, 0.2) is 65.6 Å². The van der Waals surface area contributed by atoms with Crippen LogP contribution in [0.5, 0.6) is 5.88 Å². The zero-order valence-corrected chi connectivity index (χ0v) is 21.3. The quantitative estimate of drug-likeness (QED) is 0.282. The SMILES string of the molecule is CCCCc1nc(=O)c(Cc2cccc(-c3cccnc3C)c2)c(O)n1[C@@H](CC)c1cc(F)cc(F)c1. The Hall–Kier alpha value is -3.87. The van der Waals surface area contributed by atoms with Crippen LogP contribution in [0, 0.1) is 18.6 Å². The first-order chi connectivity index (χ1) is 17.8. The minimum absolute atomic E-state index is 0.149. The predicted molar refractivity (Wildman–Crippen MR) is 141 cm³/mol. The summed E-state index contributed by atoms with van der Waals surface area (Å²) < 4.78 is 29.8. The third-order valence-corrected chi connectivity index (χ3v) is 6.61. The van der Waals surface area contributed by atoms with Crippen molar-refractivity contribution in [2.75, 3.05) is 0 Å². The van der Waals surface area contributed by atoms with Crippen LogP contribution < -0.4 is 5.56 Å². The molecule has 0 saturated carbocycles. The monoisotopic (exact) mass is 503 g/mol. The lowest BCUT2D eigenvalue weighted by Crippen LogP contribution is -2.26. The Morgan fingerprint density at radius 1 is 1.03 bits per heavy atom. The average Bonchev–Trinajstić information content (AvgIpc) is 2.87. The molecule has 192 valence electrons. The van der Waals surface area contributed by atoms with Crippen molar-refractivity contribution in [1.29, 1.82) is 0 Å². The van der Waals surface area contributed by atoms with Crippen molar-refractivity contribution in [3.05, 3.63) is 111 Å². The number of nitrogens with zero attached hydrogens (tertiary/aromatic N) is 3. The average molecular weight is 504 g/mol. The molecule has 0 aliphatic rings. The molecule has 0 spiro atoms. The van der Waals surface area contributed by atoms with Crippen LogP contribution in [0.2, 0.25) is 0 Å². The second-order valence-electron chi connectivity index (χ2n) is 9.25. The molecule has 2 heterocycles. The fourth-order valence-electron chi connectivity index (χ4n) is 4.77. The van der Waals surface area contributed by atoms with Crippen molar-refractivity contribution in [3.63, 3.8) is 0 Å². The first-order valence-corrected chi connectivity index (χ1v) is 12.6. The van der Waals surface area contributed by atoms with E-state index in [1.165, 1.54) is 12.1 Å². The summed E-state index contributed by atoms with van der Waals surface area (Å²) in [7, 11) is 0. The zero-order chi connectivity index (χ0) is 26.5. The Kier molecular flexibility index (Phi) is 8.11. The number of aromatic hydroxyl groups is 1. The van der Waals surface area contributed by atoms with Crippen LogP contribution in [0.4, 0.5) is 8.78 Å². The van der Waals surface area contributed by atoms with E-state index in [1.807, 2.05) is 57.2 Å². The van der Waals surface area contributed by atoms with E-state index in [-0.39, 0.29) is 17.9 Å². The van der Waals surface area contributed by atoms with Gasteiger partial charge in [0.25, 0.3) is 5.56 Å². The lowest BCUT2D eigenvalue weighted by molar-refractivity contribution is 0.367. The Balaban J connectivity index is 1.82. The molecule has 0 aliphatic heterocycles. The van der Waals surface area contributed by atoms with Gasteiger partial charge >= 0.3 is 0 Å². The van der Waals surface area contributed by atoms with Gasteiger partial charge in [-0.15, -0.1) is 0 Å². The lowest BCUT2D eigenvalue weighted by atomic mass is 9.98. The molecule has 0 amide bonds. The number of pyridine rings is 1. The van der Waals surface area contributed by atoms with E-state index in [0.717, 1.165) is 41.3 Å². The first kappa shape index (κ1) is 26.2. The van der Waals surface area contributed by atoms with E-state index >= 15 is 0 Å². The highest BCUT2D eigenvalue weighted by Gasteiger charge is 2.24. The van der Waals surface area contributed by atoms with Gasteiger partial charge in [0.2, 0.25) is 5.88 Å². The topological polar surface area (TPSA) is 68.0 Å². The Morgan fingerprint density at radius 2 is 1.78 bits per heavy atom. The molecular weight excluding hydrogens is 472 g/mol. The molecule has 0 bridgehead atoms. The summed E-state index contributed by atoms with van der Waals surface area (Å²) in [6.07, 6.45) is 4.42. The number of rotatable bonds is 9. The van der Waals surface area contributed by atoms with Gasteiger partial charge in [0.05, 0.1) is 11.6 Å². The third-order valence-electron chi connectivity index (χ3n) is 6.61. The number of benzene rings is 2. The maximum absolute atomic E-state index is 14.1. The molecule has 2 aromatic carbocycles. The van der Waals surface area contributed by atoms with E-state index < -0.39 is 23.2 Å². The summed E-state index contributed by atoms with van der Waals surface area (Å²) >= 11 is 0. The van der Waals surface area contributed by atoms with Crippen molar-refractivity contribution in [1.82, 2.24) is 14.5 Å². The molecule has 37 heavy (non-hydrogen) atoms. The molecule has 5 nitrogen and oxygen atoms in total. The summed E-state index contributed by atoms with van der Waals surface area (Å²) in [6.45, 7) is 5.83. The standard InChI is InChI=1S/C30H31F2N3O2/c1-4-6-12-28-34-29(36)26(15-20-9-7-10-21(14-20)25-11-8-13-33-19(25)3)30(37)35(28)27(5-2)22-16-23(31)18-24(32)17-22/h7-11,13-14,16-18,27,37H,4-6,12,15H2,1-3H3/t27-/m0/s1. The highest BCUT2D eigenvalue weighted by molar-refractivity contribution is 5.66. The van der Waals surface area contributed by atoms with Gasteiger partial charge in [-0.25, -0.2) is 8.78 Å². The van der Waals surface area contributed by atoms with Crippen molar-refractivity contribution < 1.29 is 13.9 Å². The summed E-state index contributed by atoms with van der Waals surface area (Å²) in [5, 5.41) is 11.5. The molecule has 1 atom stereocenters. The van der Waals surface area contributed by atoms with Crippen LogP contribution in [0.1, 0.15) is 67.4 Å². The Labute approximate surface area is 215 Å². The van der Waals surface area contributed by atoms with E-state index in [4.69, 9.17) is 0 Å². The van der Waals surface area contributed by atoms with Gasteiger partial charge in [0.1, 0.15) is 17.5 Å². The normalized spacial score (nSPS) is 12.0. The van der Waals surface area contributed by atoms with Gasteiger partial charge in [-0.3, -0.25) is 14.3 Å². The van der Waals surface area contributed by atoms with Gasteiger partial charge in [0, 0.05) is 36.4 Å². The van der Waals surface area contributed by atoms with Crippen LogP contribution in [0.3, 0.4) is 0 Å². The number of aryl methyl sites for hydroxylation is 2. The van der Waals surface area contributed by atoms with Crippen molar-refractivity contribution >= 4 is 0 Å². The second-order valence-corrected chi connectivity index (χ2v) is 9.25. The number of halogens is 2. The van der Waals surface area contributed by atoms with Crippen molar-refractivity contribution in [3.8, 4) is 17.0 Å². The number of unbranched alkanes of at least 4 members (excludes halogenated alkanes) is 1. The smallest absolute Gasteiger partial charge is 0.280 e. The largest absolute Gasteiger partial charge is 0.494 e. The van der Waals surface area contributed by atoms with Gasteiger partial charge in [0.15, 0.2) is 0 Å². The van der Waals surface area contributed by atoms with Gasteiger partial charge < -0.3 is 5.11 Å². The number of aromatic nitrogens is 3. The van der Waals surface area contributed by atoms with Crippen LogP contribution in [-0.4, -0.2) is 19.6 Å². The molecular formula is C30H31F2N3O2. The van der Waals surface area contributed by atoms with Crippen LogP contribution >= 0.6 is 0 Å². The Bertz CT molecular complexity index is 1450. The molecule has 4 aromatic rings. The fraction of sp³-hybridized carbons (Fsp3) is 0.300. The maximum atomic E-state index is 14.1. The molecule has 0 saturated heterocycles. The van der Waals surface area contributed by atoms with Gasteiger partial charge in [-0.2, -0.15) is 4.98 Å². The molecule has 4 rings (SSSR count). The van der Waals surface area contributed by atoms with Gasteiger partial charge in [-0.1, -0.05) is 50.6 Å². The molecule has 0 radical (unpaired) electrons. The van der Waals surface area contributed by atoms with E-state index in [1.54, 1.807) is 10.8 Å². The van der Waals surface area contributed by atoms with Crippen molar-refractivity contribution in [2.24, 2.45) is 0 Å². The van der Waals surface area contributed by atoms with Gasteiger partial charge in [-0.05, 0) is 54.7 Å². The fourth-order valence-corrected chi connectivity index (χ4v) is 4.77. The molecule has 7 heteroatoms. The molecule has 1 N–H and O–H groups in total. The zero-order valence-electron chi connectivity index (χ0n) is 21.3. The second kappa shape index (κ2) is 11.5. The molecule has 0 aliphatic carbocycles. The number of hydrogen-bond acceptors (Lipinski definition) is 4. The molecule has 0 fully saturated rings. The highest BCUT2D eigenvalue weighted by Crippen LogP contribution is 2.32. The summed E-state index contributed by atoms with van der Waals surface area (Å²) in [5.41, 5.74) is 3.68. The molecule has 0 unspecified atom stereocenters. The first-order valence-electron chi connectivity index (χ1n) is 12.6. The van der Waals surface area contributed by atoms with E-state index in [2.05, 4.69) is 9.97 Å². The molecule has 2 aromatic heterocycles. The number of hydrogen-bond donors (Lipinski definition) is 1. The van der Waals surface area contributed by atoms with E-state index in [0.29, 0.717) is 24.2 Å². The van der Waals surface area contributed by atoms with E-state index in [9.17, 15) is 18.7 Å². The summed E-state index contributed by atoms with van der Waals surface area (Å²) in [4.78, 5) is 21.8. The summed E-state index contributed by atoms with van der Waals surface area (Å²) in [5.74, 6) is -1.20. The lowest BCUT2D eigenvalue weighted by Gasteiger charge is -2.25. The maximum Gasteiger partial charge on any atom is 0.280 e. The minimum Gasteiger partial charge on any atom is -0.494 e. The minimum atomic E-state index is -0.695. The van der Waals surface area contributed by atoms with Crippen molar-refractivity contribution in [2.45, 2.75) is 58.9 Å². The predicted octanol–water partition coefficient (Wildman–Crippen LogP) is 6.53. The van der Waals surface area contributed by atoms with Crippen LogP contribution in [0.25, 0.3) is 11.1 Å². The summed E-state index contributed by atoms with van der Waals surface area (Å²) in [6, 6.07) is 14.4. The third kappa shape index (κ3) is 5.77. The Morgan fingerprint density at radius 3 is 2.46 bits per heavy atom. The highest BCUT2D eigenvalue weighted by atomic mass is 19.1.